The molecule has 0 bridgehead atoms. The lowest BCUT2D eigenvalue weighted by molar-refractivity contribution is -0.136. The average molecular weight is 318 g/mol. The number of carbonyl (C=O) groups is 1. The van der Waals surface area contributed by atoms with Crippen LogP contribution in [0.3, 0.4) is 0 Å². The van der Waals surface area contributed by atoms with Gasteiger partial charge in [-0.15, -0.1) is 11.3 Å². The van der Waals surface area contributed by atoms with Gasteiger partial charge in [0.2, 0.25) is 5.91 Å². The zero-order valence-corrected chi connectivity index (χ0v) is 13.2. The molecule has 1 saturated heterocycles. The Morgan fingerprint density at radius 3 is 3.23 bits per heavy atom. The van der Waals surface area contributed by atoms with Crippen LogP contribution in [-0.2, 0) is 9.53 Å². The summed E-state index contributed by atoms with van der Waals surface area (Å²) in [5.74, 6) is 0.791. The fourth-order valence-electron chi connectivity index (χ4n) is 2.62. The van der Waals surface area contributed by atoms with Gasteiger partial charge in [0.25, 0.3) is 0 Å². The van der Waals surface area contributed by atoms with E-state index in [2.05, 4.69) is 15.3 Å². The molecule has 22 heavy (non-hydrogen) atoms. The molecule has 0 spiro atoms. The van der Waals surface area contributed by atoms with Crippen molar-refractivity contribution >= 4 is 28.2 Å². The molecule has 1 aliphatic heterocycles. The molecular weight excluding hydrogens is 300 g/mol. The number of likely N-dealkylation sites (tertiary alicyclic amines) is 1. The summed E-state index contributed by atoms with van der Waals surface area (Å²) in [5, 5.41) is 5.98. The van der Waals surface area contributed by atoms with E-state index in [0.29, 0.717) is 0 Å². The second-order valence-electron chi connectivity index (χ2n) is 5.10. The van der Waals surface area contributed by atoms with Crippen LogP contribution in [0, 0.1) is 0 Å². The van der Waals surface area contributed by atoms with Crippen LogP contribution >= 0.6 is 11.3 Å². The van der Waals surface area contributed by atoms with Crippen molar-refractivity contribution in [1.29, 1.82) is 0 Å². The summed E-state index contributed by atoms with van der Waals surface area (Å²) in [6.45, 7) is 0.896. The monoisotopic (exact) mass is 318 g/mol. The highest BCUT2D eigenvalue weighted by Crippen LogP contribution is 2.34. The van der Waals surface area contributed by atoms with Crippen LogP contribution in [0.1, 0.15) is 24.6 Å². The van der Waals surface area contributed by atoms with Gasteiger partial charge in [-0.2, -0.15) is 0 Å². The van der Waals surface area contributed by atoms with Gasteiger partial charge in [0.15, 0.2) is 5.13 Å². The van der Waals surface area contributed by atoms with E-state index in [-0.39, 0.29) is 18.6 Å². The molecule has 2 aromatic heterocycles. The van der Waals surface area contributed by atoms with Gasteiger partial charge in [0.05, 0.1) is 11.7 Å². The number of amides is 1. The van der Waals surface area contributed by atoms with Crippen molar-refractivity contribution in [2.45, 2.75) is 18.9 Å². The van der Waals surface area contributed by atoms with Crippen molar-refractivity contribution in [2.75, 3.05) is 25.6 Å². The van der Waals surface area contributed by atoms with Crippen LogP contribution in [0.4, 0.5) is 10.9 Å². The average Bonchev–Trinajstić information content (AvgIpc) is 3.17. The maximum atomic E-state index is 12.1. The molecule has 1 unspecified atom stereocenters. The second kappa shape index (κ2) is 6.85. The Bertz CT molecular complexity index is 631. The molecule has 0 saturated carbocycles. The van der Waals surface area contributed by atoms with Crippen LogP contribution < -0.4 is 5.32 Å². The number of rotatable bonds is 5. The van der Waals surface area contributed by atoms with Crippen LogP contribution in [0.25, 0.3) is 0 Å². The third-order valence-corrected chi connectivity index (χ3v) is 4.38. The lowest BCUT2D eigenvalue weighted by atomic mass is 10.2. The Labute approximate surface area is 133 Å². The lowest BCUT2D eigenvalue weighted by Gasteiger charge is -2.22. The van der Waals surface area contributed by atoms with Gasteiger partial charge >= 0.3 is 0 Å². The van der Waals surface area contributed by atoms with Gasteiger partial charge in [-0.3, -0.25) is 4.79 Å². The highest BCUT2D eigenvalue weighted by molar-refractivity contribution is 7.13. The van der Waals surface area contributed by atoms with E-state index in [1.165, 1.54) is 11.3 Å². The van der Waals surface area contributed by atoms with Crippen LogP contribution in [-0.4, -0.2) is 41.0 Å². The van der Waals surface area contributed by atoms with Gasteiger partial charge in [-0.1, -0.05) is 6.07 Å². The van der Waals surface area contributed by atoms with Crippen molar-refractivity contribution in [3.63, 3.8) is 0 Å². The molecule has 1 amide bonds. The van der Waals surface area contributed by atoms with Crippen molar-refractivity contribution in [2.24, 2.45) is 0 Å². The molecular formula is C15H18N4O2S. The van der Waals surface area contributed by atoms with Gasteiger partial charge in [-0.05, 0) is 25.0 Å². The predicted molar refractivity (Wildman–Crippen MR) is 85.2 cm³/mol. The van der Waals surface area contributed by atoms with E-state index < -0.39 is 0 Å². The number of carbonyl (C=O) groups excluding carboxylic acids is 1. The molecule has 1 aliphatic rings. The summed E-state index contributed by atoms with van der Waals surface area (Å²) in [4.78, 5) is 22.8. The van der Waals surface area contributed by atoms with Crippen molar-refractivity contribution in [3.8, 4) is 0 Å². The first-order valence-electron chi connectivity index (χ1n) is 7.20. The number of thiazole rings is 1. The molecule has 7 heteroatoms. The standard InChI is InChI=1S/C15H18N4O2S/c1-21-9-14(20)19-8-4-5-12(19)11-10-22-15(17-11)18-13-6-2-3-7-16-13/h2-3,6-7,10,12H,4-5,8-9H2,1H3,(H,16,17,18). The Balaban J connectivity index is 1.71. The number of methoxy groups -OCH3 is 1. The van der Waals surface area contributed by atoms with E-state index in [0.717, 1.165) is 36.0 Å². The molecule has 3 heterocycles. The molecule has 2 aromatic rings. The number of ether oxygens (including phenoxy) is 1. The highest BCUT2D eigenvalue weighted by atomic mass is 32.1. The maximum absolute atomic E-state index is 12.1. The Morgan fingerprint density at radius 1 is 1.55 bits per heavy atom. The molecule has 1 atom stereocenters. The van der Waals surface area contributed by atoms with Gasteiger partial charge in [0, 0.05) is 25.2 Å². The summed E-state index contributed by atoms with van der Waals surface area (Å²) >= 11 is 1.53. The largest absolute Gasteiger partial charge is 0.375 e. The third-order valence-electron chi connectivity index (χ3n) is 3.60. The Hall–Kier alpha value is -1.99. The SMILES string of the molecule is COCC(=O)N1CCCC1c1csc(Nc2ccccn2)n1. The summed E-state index contributed by atoms with van der Waals surface area (Å²) in [7, 11) is 1.54. The van der Waals surface area contributed by atoms with E-state index in [1.54, 1.807) is 13.3 Å². The molecule has 0 aliphatic carbocycles. The molecule has 1 N–H and O–H groups in total. The topological polar surface area (TPSA) is 67.3 Å². The number of nitrogens with zero attached hydrogens (tertiary/aromatic N) is 3. The van der Waals surface area contributed by atoms with Gasteiger partial charge in [-0.25, -0.2) is 9.97 Å². The molecule has 0 aromatic carbocycles. The maximum Gasteiger partial charge on any atom is 0.249 e. The van der Waals surface area contributed by atoms with E-state index in [4.69, 9.17) is 4.74 Å². The van der Waals surface area contributed by atoms with Gasteiger partial charge in [0.1, 0.15) is 12.4 Å². The first-order chi connectivity index (χ1) is 10.8. The van der Waals surface area contributed by atoms with E-state index in [1.807, 2.05) is 28.5 Å². The molecule has 1 fully saturated rings. The normalized spacial score (nSPS) is 17.7. The minimum absolute atomic E-state index is 0.0252. The number of hydrogen-bond donors (Lipinski definition) is 1. The smallest absolute Gasteiger partial charge is 0.249 e. The molecule has 0 radical (unpaired) electrons. The fourth-order valence-corrected chi connectivity index (χ4v) is 3.39. The fraction of sp³-hybridized carbons (Fsp3) is 0.400. The first-order valence-corrected chi connectivity index (χ1v) is 8.08. The van der Waals surface area contributed by atoms with Crippen molar-refractivity contribution < 1.29 is 9.53 Å². The summed E-state index contributed by atoms with van der Waals surface area (Å²) < 4.78 is 4.95. The zero-order valence-electron chi connectivity index (χ0n) is 12.4. The number of anilines is 2. The number of aromatic nitrogens is 2. The van der Waals surface area contributed by atoms with Gasteiger partial charge < -0.3 is 15.0 Å². The number of nitrogens with one attached hydrogen (secondary N) is 1. The van der Waals surface area contributed by atoms with Crippen LogP contribution in [0.5, 0.6) is 0 Å². The summed E-state index contributed by atoms with van der Waals surface area (Å²) in [5.41, 5.74) is 0.936. The van der Waals surface area contributed by atoms with E-state index in [9.17, 15) is 4.79 Å². The predicted octanol–water partition coefficient (Wildman–Crippen LogP) is 2.59. The van der Waals surface area contributed by atoms with E-state index >= 15 is 0 Å². The lowest BCUT2D eigenvalue weighted by Crippen LogP contribution is -2.33. The molecule has 116 valence electrons. The minimum atomic E-state index is 0.0252. The number of pyridine rings is 1. The van der Waals surface area contributed by atoms with Crippen LogP contribution in [0.15, 0.2) is 29.8 Å². The van der Waals surface area contributed by atoms with Crippen LogP contribution in [0.2, 0.25) is 0 Å². The Morgan fingerprint density at radius 2 is 2.45 bits per heavy atom. The second-order valence-corrected chi connectivity index (χ2v) is 5.95. The quantitative estimate of drug-likeness (QED) is 0.918. The summed E-state index contributed by atoms with van der Waals surface area (Å²) in [6, 6.07) is 5.74. The third kappa shape index (κ3) is 3.26. The Kier molecular flexibility index (Phi) is 4.65. The highest BCUT2D eigenvalue weighted by Gasteiger charge is 2.31. The molecule has 6 nitrogen and oxygen atoms in total. The number of hydrogen-bond acceptors (Lipinski definition) is 6. The van der Waals surface area contributed by atoms with Crippen molar-refractivity contribution in [3.05, 3.63) is 35.5 Å². The first kappa shape index (κ1) is 14.9. The molecule has 3 rings (SSSR count). The summed E-state index contributed by atoms with van der Waals surface area (Å²) in [6.07, 6.45) is 3.68. The minimum Gasteiger partial charge on any atom is -0.375 e. The van der Waals surface area contributed by atoms with Crippen molar-refractivity contribution in [1.82, 2.24) is 14.9 Å². The zero-order chi connectivity index (χ0) is 15.4.